The van der Waals surface area contributed by atoms with E-state index in [-0.39, 0.29) is 5.91 Å². The topological polar surface area (TPSA) is 38.3 Å². The van der Waals surface area contributed by atoms with Gasteiger partial charge in [-0.15, -0.1) is 0 Å². The maximum atomic E-state index is 12.4. The molecular weight excluding hydrogens is 386 g/mol. The smallest absolute Gasteiger partial charge is 0.259 e. The molecule has 0 bridgehead atoms. The van der Waals surface area contributed by atoms with Gasteiger partial charge >= 0.3 is 0 Å². The molecule has 1 amide bonds. The van der Waals surface area contributed by atoms with Crippen molar-refractivity contribution in [3.63, 3.8) is 0 Å². The van der Waals surface area contributed by atoms with E-state index in [1.807, 2.05) is 31.2 Å². The Balaban J connectivity index is 2.30. The molecule has 0 spiro atoms. The lowest BCUT2D eigenvalue weighted by molar-refractivity contribution is 0.102. The van der Waals surface area contributed by atoms with Crippen LogP contribution >= 0.6 is 31.9 Å². The number of benzene rings is 2. The van der Waals surface area contributed by atoms with Gasteiger partial charge in [-0.1, -0.05) is 22.0 Å². The third-order valence-electron chi connectivity index (χ3n) is 2.78. The van der Waals surface area contributed by atoms with Gasteiger partial charge in [0.15, 0.2) is 0 Å². The molecule has 0 aliphatic carbocycles. The number of anilines is 1. The van der Waals surface area contributed by atoms with Crippen molar-refractivity contribution >= 4 is 43.5 Å². The second-order valence-electron chi connectivity index (χ2n) is 4.28. The highest BCUT2D eigenvalue weighted by Gasteiger charge is 2.14. The van der Waals surface area contributed by atoms with Gasteiger partial charge in [0.2, 0.25) is 0 Å². The van der Waals surface area contributed by atoms with Gasteiger partial charge in [-0.2, -0.15) is 0 Å². The fourth-order valence-corrected chi connectivity index (χ4v) is 2.72. The number of amides is 1. The van der Waals surface area contributed by atoms with Crippen molar-refractivity contribution in [1.29, 1.82) is 0 Å². The summed E-state index contributed by atoms with van der Waals surface area (Å²) in [4.78, 5) is 12.4. The number of nitrogens with one attached hydrogen (secondary N) is 1. The van der Waals surface area contributed by atoms with Gasteiger partial charge in [0.05, 0.1) is 18.4 Å². The molecular formula is C15H13Br2NO2. The van der Waals surface area contributed by atoms with Crippen molar-refractivity contribution in [2.45, 2.75) is 6.92 Å². The minimum absolute atomic E-state index is 0.215. The van der Waals surface area contributed by atoms with Gasteiger partial charge < -0.3 is 10.1 Å². The van der Waals surface area contributed by atoms with Crippen LogP contribution in [-0.4, -0.2) is 13.0 Å². The largest absolute Gasteiger partial charge is 0.496 e. The first-order chi connectivity index (χ1) is 9.51. The Morgan fingerprint density at radius 1 is 1.15 bits per heavy atom. The predicted octanol–water partition coefficient (Wildman–Crippen LogP) is 4.78. The van der Waals surface area contributed by atoms with E-state index in [9.17, 15) is 4.79 Å². The van der Waals surface area contributed by atoms with Crippen LogP contribution in [0.1, 0.15) is 15.9 Å². The molecule has 0 heterocycles. The van der Waals surface area contributed by atoms with Crippen LogP contribution in [0.2, 0.25) is 0 Å². The maximum Gasteiger partial charge on any atom is 0.259 e. The molecule has 0 unspecified atom stereocenters. The third kappa shape index (κ3) is 3.41. The Bertz CT molecular complexity index is 656. The molecule has 0 radical (unpaired) electrons. The number of rotatable bonds is 3. The van der Waals surface area contributed by atoms with Crippen LogP contribution in [0.15, 0.2) is 45.3 Å². The number of hydrogen-bond acceptors (Lipinski definition) is 2. The van der Waals surface area contributed by atoms with E-state index in [4.69, 9.17) is 4.74 Å². The van der Waals surface area contributed by atoms with Crippen LogP contribution < -0.4 is 10.1 Å². The van der Waals surface area contributed by atoms with Crippen LogP contribution in [0.3, 0.4) is 0 Å². The van der Waals surface area contributed by atoms with Gasteiger partial charge in [-0.3, -0.25) is 4.79 Å². The Hall–Kier alpha value is -1.33. The lowest BCUT2D eigenvalue weighted by Crippen LogP contribution is -2.13. The lowest BCUT2D eigenvalue weighted by atomic mass is 10.1. The van der Waals surface area contributed by atoms with E-state index in [1.54, 1.807) is 19.2 Å². The van der Waals surface area contributed by atoms with E-state index in [2.05, 4.69) is 37.2 Å². The molecule has 104 valence electrons. The molecule has 0 aliphatic rings. The normalized spacial score (nSPS) is 10.2. The van der Waals surface area contributed by atoms with Gasteiger partial charge in [-0.05, 0) is 58.7 Å². The Morgan fingerprint density at radius 2 is 1.90 bits per heavy atom. The third-order valence-corrected chi connectivity index (χ3v) is 3.93. The molecule has 0 saturated carbocycles. The Labute approximate surface area is 134 Å². The van der Waals surface area contributed by atoms with E-state index in [0.717, 1.165) is 20.2 Å². The number of hydrogen-bond donors (Lipinski definition) is 1. The van der Waals surface area contributed by atoms with Crippen LogP contribution in [0.25, 0.3) is 0 Å². The highest BCUT2D eigenvalue weighted by molar-refractivity contribution is 9.10. The average molecular weight is 399 g/mol. The molecule has 3 nitrogen and oxygen atoms in total. The van der Waals surface area contributed by atoms with E-state index in [0.29, 0.717) is 11.3 Å². The predicted molar refractivity (Wildman–Crippen MR) is 87.5 cm³/mol. The monoisotopic (exact) mass is 397 g/mol. The highest BCUT2D eigenvalue weighted by atomic mass is 79.9. The molecule has 2 aromatic rings. The van der Waals surface area contributed by atoms with E-state index < -0.39 is 0 Å². The summed E-state index contributed by atoms with van der Waals surface area (Å²) in [7, 11) is 1.54. The minimum atomic E-state index is -0.215. The van der Waals surface area contributed by atoms with Crippen molar-refractivity contribution < 1.29 is 9.53 Å². The summed E-state index contributed by atoms with van der Waals surface area (Å²) in [6.07, 6.45) is 0. The van der Waals surface area contributed by atoms with Crippen molar-refractivity contribution in [3.05, 3.63) is 56.5 Å². The second kappa shape index (κ2) is 6.41. The second-order valence-corrected chi connectivity index (χ2v) is 6.05. The molecule has 0 aromatic heterocycles. The fraction of sp³-hybridized carbons (Fsp3) is 0.133. The minimum Gasteiger partial charge on any atom is -0.496 e. The van der Waals surface area contributed by atoms with Gasteiger partial charge in [0.25, 0.3) is 5.91 Å². The van der Waals surface area contributed by atoms with Crippen LogP contribution in [0, 0.1) is 6.92 Å². The zero-order valence-electron chi connectivity index (χ0n) is 11.0. The quantitative estimate of drug-likeness (QED) is 0.807. The molecule has 1 N–H and O–H groups in total. The maximum absolute atomic E-state index is 12.4. The number of aryl methyl sites for hydroxylation is 1. The molecule has 2 aromatic carbocycles. The lowest BCUT2D eigenvalue weighted by Gasteiger charge is -2.11. The summed E-state index contributed by atoms with van der Waals surface area (Å²) in [6.45, 7) is 1.99. The Kier molecular flexibility index (Phi) is 4.83. The molecule has 2 rings (SSSR count). The molecule has 0 fully saturated rings. The standard InChI is InChI=1S/C15H13Br2NO2/c1-9-3-5-13(12(17)7-9)18-15(19)11-8-10(16)4-6-14(11)20-2/h3-8H,1-2H3,(H,18,19). The van der Waals surface area contributed by atoms with E-state index in [1.165, 1.54) is 0 Å². The van der Waals surface area contributed by atoms with E-state index >= 15 is 0 Å². The fourth-order valence-electron chi connectivity index (χ4n) is 1.77. The first kappa shape index (κ1) is 15.1. The first-order valence-electron chi connectivity index (χ1n) is 5.92. The molecule has 5 heteroatoms. The van der Waals surface area contributed by atoms with Crippen LogP contribution in [0.5, 0.6) is 5.75 Å². The average Bonchev–Trinajstić information content (AvgIpc) is 2.41. The number of methoxy groups -OCH3 is 1. The molecule has 0 atom stereocenters. The van der Waals surface area contributed by atoms with Gasteiger partial charge in [-0.25, -0.2) is 0 Å². The Morgan fingerprint density at radius 3 is 2.55 bits per heavy atom. The summed E-state index contributed by atoms with van der Waals surface area (Å²) in [5.41, 5.74) is 2.33. The number of carbonyl (C=O) groups excluding carboxylic acids is 1. The molecule has 0 aliphatic heterocycles. The highest BCUT2D eigenvalue weighted by Crippen LogP contribution is 2.27. The SMILES string of the molecule is COc1ccc(Br)cc1C(=O)Nc1ccc(C)cc1Br. The van der Waals surface area contributed by atoms with Gasteiger partial charge in [0.1, 0.15) is 5.75 Å². The van der Waals surface area contributed by atoms with Crippen molar-refractivity contribution in [2.75, 3.05) is 12.4 Å². The number of halogens is 2. The summed E-state index contributed by atoms with van der Waals surface area (Å²) in [5.74, 6) is 0.321. The van der Waals surface area contributed by atoms with Crippen LogP contribution in [-0.2, 0) is 0 Å². The van der Waals surface area contributed by atoms with Crippen molar-refractivity contribution in [2.24, 2.45) is 0 Å². The zero-order chi connectivity index (χ0) is 14.7. The summed E-state index contributed by atoms with van der Waals surface area (Å²) in [6, 6.07) is 11.1. The van der Waals surface area contributed by atoms with Crippen molar-refractivity contribution in [3.8, 4) is 5.75 Å². The summed E-state index contributed by atoms with van der Waals surface area (Å²) >= 11 is 6.80. The van der Waals surface area contributed by atoms with Crippen molar-refractivity contribution in [1.82, 2.24) is 0 Å². The molecule has 20 heavy (non-hydrogen) atoms. The summed E-state index contributed by atoms with van der Waals surface area (Å²) < 4.78 is 6.89. The van der Waals surface area contributed by atoms with Crippen LogP contribution in [0.4, 0.5) is 5.69 Å². The van der Waals surface area contributed by atoms with Gasteiger partial charge in [0, 0.05) is 8.95 Å². The summed E-state index contributed by atoms with van der Waals surface area (Å²) in [5, 5.41) is 2.87. The number of carbonyl (C=O) groups is 1. The zero-order valence-corrected chi connectivity index (χ0v) is 14.2. The first-order valence-corrected chi connectivity index (χ1v) is 7.51. The molecule has 0 saturated heterocycles. The number of ether oxygens (including phenoxy) is 1.